The number of rotatable bonds is 6. The fourth-order valence-electron chi connectivity index (χ4n) is 3.01. The average molecular weight is 289 g/mol. The van der Waals surface area contributed by atoms with Gasteiger partial charge in [-0.2, -0.15) is 0 Å². The zero-order valence-corrected chi connectivity index (χ0v) is 14.1. The Morgan fingerprint density at radius 1 is 1.14 bits per heavy atom. The van der Waals surface area contributed by atoms with E-state index in [-0.39, 0.29) is 0 Å². The van der Waals surface area contributed by atoms with Crippen molar-refractivity contribution in [2.75, 3.05) is 0 Å². The maximum absolute atomic E-state index is 6.15. The molecular weight excluding hydrogens is 258 g/mol. The van der Waals surface area contributed by atoms with Gasteiger partial charge in [-0.1, -0.05) is 52.0 Å². The SMILES string of the molecule is CC(C)NCc1cccc(COC2CCC(C)C(C)C2)c1. The summed E-state index contributed by atoms with van der Waals surface area (Å²) in [6.45, 7) is 10.8. The van der Waals surface area contributed by atoms with Crippen molar-refractivity contribution >= 4 is 0 Å². The molecule has 2 heteroatoms. The van der Waals surface area contributed by atoms with Crippen LogP contribution in [-0.4, -0.2) is 12.1 Å². The summed E-state index contributed by atoms with van der Waals surface area (Å²) in [7, 11) is 0. The maximum Gasteiger partial charge on any atom is 0.0720 e. The van der Waals surface area contributed by atoms with Gasteiger partial charge in [-0.3, -0.25) is 0 Å². The molecule has 2 nitrogen and oxygen atoms in total. The second-order valence-corrected chi connectivity index (χ2v) is 7.06. The molecule has 3 unspecified atom stereocenters. The Hall–Kier alpha value is -0.860. The third-order valence-electron chi connectivity index (χ3n) is 4.74. The molecule has 118 valence electrons. The summed E-state index contributed by atoms with van der Waals surface area (Å²) in [5.41, 5.74) is 2.64. The quantitative estimate of drug-likeness (QED) is 0.831. The van der Waals surface area contributed by atoms with Crippen LogP contribution in [0.25, 0.3) is 0 Å². The minimum atomic E-state index is 0.452. The van der Waals surface area contributed by atoms with E-state index in [0.29, 0.717) is 12.1 Å². The fourth-order valence-corrected chi connectivity index (χ4v) is 3.01. The summed E-state index contributed by atoms with van der Waals surface area (Å²) in [6, 6.07) is 9.29. The molecule has 1 aliphatic carbocycles. The van der Waals surface area contributed by atoms with Crippen molar-refractivity contribution in [1.82, 2.24) is 5.32 Å². The van der Waals surface area contributed by atoms with Gasteiger partial charge in [0, 0.05) is 12.6 Å². The van der Waals surface area contributed by atoms with Gasteiger partial charge in [0.1, 0.15) is 0 Å². The largest absolute Gasteiger partial charge is 0.374 e. The Labute approximate surface area is 130 Å². The molecule has 2 rings (SSSR count). The van der Waals surface area contributed by atoms with Gasteiger partial charge in [0.2, 0.25) is 0 Å². The Balaban J connectivity index is 1.81. The molecule has 1 fully saturated rings. The van der Waals surface area contributed by atoms with Crippen LogP contribution in [0.3, 0.4) is 0 Å². The van der Waals surface area contributed by atoms with E-state index >= 15 is 0 Å². The Morgan fingerprint density at radius 3 is 2.62 bits per heavy atom. The van der Waals surface area contributed by atoms with E-state index in [9.17, 15) is 0 Å². The van der Waals surface area contributed by atoms with Gasteiger partial charge in [-0.25, -0.2) is 0 Å². The number of nitrogens with one attached hydrogen (secondary N) is 1. The summed E-state index contributed by atoms with van der Waals surface area (Å²) in [5, 5.41) is 3.46. The van der Waals surface area contributed by atoms with Crippen LogP contribution in [-0.2, 0) is 17.9 Å². The van der Waals surface area contributed by atoms with Gasteiger partial charge in [0.15, 0.2) is 0 Å². The zero-order valence-electron chi connectivity index (χ0n) is 14.1. The van der Waals surface area contributed by atoms with E-state index in [1.54, 1.807) is 0 Å². The number of ether oxygens (including phenoxy) is 1. The lowest BCUT2D eigenvalue weighted by atomic mass is 9.80. The predicted molar refractivity (Wildman–Crippen MR) is 89.2 cm³/mol. The smallest absolute Gasteiger partial charge is 0.0720 e. The highest BCUT2D eigenvalue weighted by atomic mass is 16.5. The zero-order chi connectivity index (χ0) is 15.2. The van der Waals surface area contributed by atoms with Gasteiger partial charge in [0.05, 0.1) is 12.7 Å². The minimum Gasteiger partial charge on any atom is -0.374 e. The highest BCUT2D eigenvalue weighted by molar-refractivity contribution is 5.22. The summed E-state index contributed by atoms with van der Waals surface area (Å²) in [6.07, 6.45) is 4.20. The van der Waals surface area contributed by atoms with Gasteiger partial charge in [-0.15, -0.1) is 0 Å². The Bertz CT molecular complexity index is 429. The van der Waals surface area contributed by atoms with Crippen molar-refractivity contribution in [2.45, 2.75) is 72.3 Å². The molecule has 21 heavy (non-hydrogen) atoms. The monoisotopic (exact) mass is 289 g/mol. The van der Waals surface area contributed by atoms with Crippen molar-refractivity contribution < 1.29 is 4.74 Å². The molecule has 1 aromatic carbocycles. The number of benzene rings is 1. The Morgan fingerprint density at radius 2 is 1.90 bits per heavy atom. The number of hydrogen-bond acceptors (Lipinski definition) is 2. The fraction of sp³-hybridized carbons (Fsp3) is 0.684. The molecule has 0 radical (unpaired) electrons. The molecule has 0 aromatic heterocycles. The van der Waals surface area contributed by atoms with Crippen molar-refractivity contribution in [3.05, 3.63) is 35.4 Å². The van der Waals surface area contributed by atoms with Crippen molar-refractivity contribution in [1.29, 1.82) is 0 Å². The summed E-state index contributed by atoms with van der Waals surface area (Å²) >= 11 is 0. The van der Waals surface area contributed by atoms with Crippen LogP contribution in [0.1, 0.15) is 58.1 Å². The molecule has 0 bridgehead atoms. The van der Waals surface area contributed by atoms with Crippen molar-refractivity contribution in [3.63, 3.8) is 0 Å². The van der Waals surface area contributed by atoms with Crippen molar-refractivity contribution in [2.24, 2.45) is 11.8 Å². The molecule has 0 spiro atoms. The second kappa shape index (κ2) is 7.95. The molecule has 0 amide bonds. The first-order valence-electron chi connectivity index (χ1n) is 8.47. The van der Waals surface area contributed by atoms with E-state index in [2.05, 4.69) is 57.3 Å². The molecular formula is C19H31NO. The first-order chi connectivity index (χ1) is 10.0. The van der Waals surface area contributed by atoms with Crippen molar-refractivity contribution in [3.8, 4) is 0 Å². The summed E-state index contributed by atoms with van der Waals surface area (Å²) in [5.74, 6) is 1.65. The summed E-state index contributed by atoms with van der Waals surface area (Å²) in [4.78, 5) is 0. The average Bonchev–Trinajstić information content (AvgIpc) is 2.47. The number of hydrogen-bond donors (Lipinski definition) is 1. The first kappa shape index (κ1) is 16.5. The highest BCUT2D eigenvalue weighted by Crippen LogP contribution is 2.31. The Kier molecular flexibility index (Phi) is 6.25. The van der Waals surface area contributed by atoms with Gasteiger partial charge < -0.3 is 10.1 Å². The van der Waals surface area contributed by atoms with Gasteiger partial charge in [-0.05, 0) is 42.2 Å². The van der Waals surface area contributed by atoms with Crippen LogP contribution in [0, 0.1) is 11.8 Å². The molecule has 0 aliphatic heterocycles. The molecule has 3 atom stereocenters. The third-order valence-corrected chi connectivity index (χ3v) is 4.74. The molecule has 0 saturated heterocycles. The van der Waals surface area contributed by atoms with Gasteiger partial charge in [0.25, 0.3) is 0 Å². The minimum absolute atomic E-state index is 0.452. The lowest BCUT2D eigenvalue weighted by Gasteiger charge is -2.32. The van der Waals surface area contributed by atoms with Crippen LogP contribution in [0.4, 0.5) is 0 Å². The predicted octanol–water partition coefficient (Wildman–Crippen LogP) is 4.53. The van der Waals surface area contributed by atoms with Crippen LogP contribution in [0.5, 0.6) is 0 Å². The molecule has 0 heterocycles. The lowest BCUT2D eigenvalue weighted by Crippen LogP contribution is -2.26. The van der Waals surface area contributed by atoms with E-state index in [1.807, 2.05) is 0 Å². The molecule has 1 saturated carbocycles. The topological polar surface area (TPSA) is 21.3 Å². The molecule has 1 N–H and O–H groups in total. The maximum atomic E-state index is 6.15. The van der Waals surface area contributed by atoms with Gasteiger partial charge >= 0.3 is 0 Å². The highest BCUT2D eigenvalue weighted by Gasteiger charge is 2.24. The second-order valence-electron chi connectivity index (χ2n) is 7.06. The lowest BCUT2D eigenvalue weighted by molar-refractivity contribution is -0.00747. The van der Waals surface area contributed by atoms with Crippen LogP contribution >= 0.6 is 0 Å². The van der Waals surface area contributed by atoms with E-state index < -0.39 is 0 Å². The normalized spacial score (nSPS) is 26.2. The first-order valence-corrected chi connectivity index (χ1v) is 8.47. The van der Waals surface area contributed by atoms with E-state index in [0.717, 1.165) is 25.0 Å². The standard InChI is InChI=1S/C19H31NO/c1-14(2)20-12-17-6-5-7-18(11-17)13-21-19-9-8-15(3)16(4)10-19/h5-7,11,14-16,19-20H,8-10,12-13H2,1-4H3. The third kappa shape index (κ3) is 5.44. The van der Waals surface area contributed by atoms with Crippen LogP contribution < -0.4 is 5.32 Å². The van der Waals surface area contributed by atoms with Crippen LogP contribution in [0.2, 0.25) is 0 Å². The summed E-state index contributed by atoms with van der Waals surface area (Å²) < 4.78 is 6.15. The molecule has 1 aromatic rings. The van der Waals surface area contributed by atoms with E-state index in [1.165, 1.54) is 30.4 Å². The van der Waals surface area contributed by atoms with E-state index in [4.69, 9.17) is 4.74 Å². The molecule has 1 aliphatic rings. The van der Waals surface area contributed by atoms with Crippen LogP contribution in [0.15, 0.2) is 24.3 Å².